The van der Waals surface area contributed by atoms with Crippen LogP contribution in [0.3, 0.4) is 0 Å². The van der Waals surface area contributed by atoms with Crippen molar-refractivity contribution in [1.29, 1.82) is 0 Å². The number of carbonyl (C=O) groups excluding carboxylic acids is 9. The first-order valence-electron chi connectivity index (χ1n) is 30.4. The number of rotatable bonds is 32. The molecule has 37 heteroatoms. The van der Waals surface area contributed by atoms with Gasteiger partial charge >= 0.3 is 0 Å². The molecule has 3 fully saturated rings. The third-order valence-corrected chi connectivity index (χ3v) is 15.0. The summed E-state index contributed by atoms with van der Waals surface area (Å²) in [6.45, 7) is 1.52. The van der Waals surface area contributed by atoms with Gasteiger partial charge in [-0.25, -0.2) is 0 Å². The molecule has 3 heterocycles. The van der Waals surface area contributed by atoms with Gasteiger partial charge in [0, 0.05) is 108 Å². The van der Waals surface area contributed by atoms with Crippen molar-refractivity contribution in [1.82, 2.24) is 37.2 Å². The molecular weight excluding hydrogens is 1210 g/mol. The van der Waals surface area contributed by atoms with Crippen molar-refractivity contribution in [3.63, 3.8) is 0 Å². The van der Waals surface area contributed by atoms with Crippen molar-refractivity contribution in [2.24, 2.45) is 5.92 Å². The van der Waals surface area contributed by atoms with Gasteiger partial charge in [0.1, 0.15) is 48.7 Å². The number of likely N-dealkylation sites (N-methyl/N-ethyl adjacent to an activating group) is 2. The van der Waals surface area contributed by atoms with E-state index in [0.29, 0.717) is 23.0 Å². The lowest BCUT2D eigenvalue weighted by molar-refractivity contribution is -0.265. The van der Waals surface area contributed by atoms with E-state index < -0.39 is 110 Å². The molecule has 486 valence electrons. The Balaban J connectivity index is 0.000000306. The third kappa shape index (κ3) is 26.3. The molecule has 12 unspecified atom stereocenters. The number of hydrogen-bond acceptors (Lipinski definition) is 20. The maximum Gasteiger partial charge on any atom is 0.256 e. The van der Waals surface area contributed by atoms with Crippen molar-refractivity contribution in [3.05, 3.63) is 90.0 Å². The first-order chi connectivity index (χ1) is 44.7. The van der Waals surface area contributed by atoms with Gasteiger partial charge in [0.25, 0.3) is 5.91 Å². The lowest BCUT2D eigenvalue weighted by Crippen LogP contribution is -2.62. The average Bonchev–Trinajstić information content (AvgIpc) is 1.06. The number of ketones is 2. The van der Waals surface area contributed by atoms with E-state index in [1.807, 2.05) is 36.4 Å². The van der Waals surface area contributed by atoms with Gasteiger partial charge in [-0.2, -0.15) is 0 Å². The summed E-state index contributed by atoms with van der Waals surface area (Å²) in [6, 6.07) is 18.2. The molecule has 0 bridgehead atoms. The minimum Gasteiger partial charge on any atom is -0.465 e. The second-order valence-corrected chi connectivity index (χ2v) is 22.7. The summed E-state index contributed by atoms with van der Waals surface area (Å²) in [6.07, 6.45) is -7.13. The number of anilines is 2. The van der Waals surface area contributed by atoms with E-state index in [1.54, 1.807) is 26.2 Å². The Morgan fingerprint density at radius 3 is 1.61 bits per heavy atom. The van der Waals surface area contributed by atoms with Crippen LogP contribution in [0.2, 0.25) is 6.32 Å². The molecule has 1 aliphatic carbocycles. The maximum absolute atomic E-state index is 13.0. The fraction of sp³-hybridized carbons (Fsp3) is 0.491. The van der Waals surface area contributed by atoms with E-state index in [2.05, 4.69) is 61.2 Å². The number of Topliss-reactive ketones (excluding diaryl/α,β-unsaturated/α-hetero) is 2. The quantitative estimate of drug-likeness (QED) is 0.0260. The van der Waals surface area contributed by atoms with Crippen molar-refractivity contribution in [2.45, 2.75) is 126 Å². The predicted molar refractivity (Wildman–Crippen MR) is 358 cm³/mol. The van der Waals surface area contributed by atoms with Gasteiger partial charge in [-0.1, -0.05) is 48.0 Å². The van der Waals surface area contributed by atoms with Crippen LogP contribution in [0.4, 0.5) is 11.4 Å². The number of aliphatic hydroxyl groups excluding tert-OH is 5. The molecule has 12 atom stereocenters. The summed E-state index contributed by atoms with van der Waals surface area (Å²) < 4.78 is 22.6. The topological polar surface area (TPSA) is 400 Å². The first-order valence-corrected chi connectivity index (χ1v) is 30.4. The summed E-state index contributed by atoms with van der Waals surface area (Å²) >= 11 is 0. The zero-order valence-corrected chi connectivity index (χ0v) is 52.7. The molecule has 3 aliphatic heterocycles. The Morgan fingerprint density at radius 1 is 0.649 bits per heavy atom. The smallest absolute Gasteiger partial charge is 0.256 e. The predicted octanol–water partition coefficient (Wildman–Crippen LogP) is -5.41. The van der Waals surface area contributed by atoms with Crippen molar-refractivity contribution in [3.8, 4) is 11.5 Å². The Bertz CT molecular complexity index is 3030. The van der Waals surface area contributed by atoms with Gasteiger partial charge in [-0.15, -0.1) is 0 Å². The summed E-state index contributed by atoms with van der Waals surface area (Å²) in [7, 11) is 32.8. The number of allylic oxidation sites excluding steroid dienone is 2. The highest BCUT2D eigenvalue weighted by Gasteiger charge is 2.48. The molecule has 3 saturated heterocycles. The molecule has 27 nitrogen and oxygen atoms in total. The second kappa shape index (κ2) is 39.1. The average molecular weight is 1280 g/mol. The van der Waals surface area contributed by atoms with Gasteiger partial charge in [0.2, 0.25) is 48.0 Å². The van der Waals surface area contributed by atoms with E-state index in [9.17, 15) is 68.7 Å². The lowest BCUT2D eigenvalue weighted by atomic mass is 8.64. The van der Waals surface area contributed by atoms with Gasteiger partial charge in [-0.3, -0.25) is 43.2 Å². The summed E-state index contributed by atoms with van der Waals surface area (Å²) in [4.78, 5) is 108. The number of amides is 7. The molecular formula is C57H75B10N9O18. The Kier molecular flexibility index (Phi) is 32.3. The van der Waals surface area contributed by atoms with E-state index in [4.69, 9.17) is 57.6 Å². The monoisotopic (exact) mass is 1280 g/mol. The van der Waals surface area contributed by atoms with Gasteiger partial charge in [0.15, 0.2) is 12.4 Å². The minimum atomic E-state index is -1.74. The van der Waals surface area contributed by atoms with Crippen LogP contribution in [0, 0.1) is 5.92 Å². The fourth-order valence-corrected chi connectivity index (χ4v) is 9.37. The van der Waals surface area contributed by atoms with Gasteiger partial charge in [-0.05, 0) is 107 Å². The molecule has 4 aliphatic rings. The minimum absolute atomic E-state index is 0.0111. The molecule has 7 amide bonds. The summed E-state index contributed by atoms with van der Waals surface area (Å²) in [5, 5.41) is 74.9. The lowest BCUT2D eigenvalue weighted by Gasteiger charge is -2.39. The van der Waals surface area contributed by atoms with Crippen LogP contribution in [-0.4, -0.2) is 259 Å². The van der Waals surface area contributed by atoms with E-state index in [0.717, 1.165) is 18.3 Å². The van der Waals surface area contributed by atoms with Crippen LogP contribution in [-0.2, 0) is 52.6 Å². The highest BCUT2D eigenvalue weighted by atomic mass is 16.7. The fourth-order valence-electron chi connectivity index (χ4n) is 9.37. The number of benzene rings is 3. The number of hydrogen-bond donors (Lipinski definition) is 14. The normalized spacial score (nSPS) is 21.9. The standard InChI is InChI=1S/C32H39N5O10.C25H36BN4O8.B9/c1-17(38)15-34-24(39)14-13-23(33-2)30(44)35-16-25(40)36-20-7-9-21(10-8-20)37-31(45)29-27(42)26(41)28(43)32(47-29)46-22-11-5-19(6-12-22)18-3-4-18;1-14(32)11-28-20(33)8-7-19(27-2)24(35)29-12-21(34)30-23-16(13-31)9-22(38-25(23)36)37-17-5-3-15(4-6-17)18-10-26-18;1-6-9(7(2)3)8(4)5/h3,5-12,23,26-29,32-33,41-43H,4,13-16H2,1-2H3,(H,34,39)(H,35,44)(H,36,40)(H,37,45);3-6,16,18-19,22-23,25,27,31,36H,7-13H2,1-2H3,(H,28,33)(H,29,35)(H,30,34);. The van der Waals surface area contributed by atoms with Crippen LogP contribution in [0.25, 0.3) is 5.57 Å². The Labute approximate surface area is 555 Å². The van der Waals surface area contributed by atoms with Crippen LogP contribution < -0.4 is 57.3 Å². The SMILES string of the molecule is CNC(CCC(=O)NCC(C)=O)C(=O)NCC(=O)NC1C(CO)CC(Oc2ccc(C3[B]C3)cc2)OC1O.CNC(CCC(=O)NCC(C)=O)C(=O)NCC(=O)Nc1ccc(NC(=O)C2OC(Oc3ccc(C4=CC4)cc3)C(O)C(O)C2O)cc1.[B][B]B(B([B])[B])B([B])[B]. The first kappa shape index (κ1) is 77.6. The molecule has 3 aromatic rings. The highest BCUT2D eigenvalue weighted by Crippen LogP contribution is 2.35. The molecule has 12 radical (unpaired) electrons. The zero-order chi connectivity index (χ0) is 69.2. The van der Waals surface area contributed by atoms with E-state index in [1.165, 1.54) is 56.3 Å². The molecule has 0 saturated carbocycles. The molecule has 7 rings (SSSR count). The van der Waals surface area contributed by atoms with Crippen LogP contribution in [0.1, 0.15) is 69.3 Å². The Hall–Kier alpha value is -7.08. The van der Waals surface area contributed by atoms with Crippen LogP contribution >= 0.6 is 0 Å². The molecule has 14 N–H and O–H groups in total. The van der Waals surface area contributed by atoms with E-state index >= 15 is 0 Å². The van der Waals surface area contributed by atoms with Crippen molar-refractivity contribution >= 4 is 142 Å². The number of ether oxygens (including phenoxy) is 4. The Morgan fingerprint density at radius 2 is 1.15 bits per heavy atom. The number of nitrogens with one attached hydrogen (secondary N) is 9. The number of carbonyl (C=O) groups is 9. The van der Waals surface area contributed by atoms with Crippen molar-refractivity contribution < 1.29 is 87.6 Å². The van der Waals surface area contributed by atoms with Gasteiger partial charge in [0.05, 0.1) is 44.3 Å². The molecule has 3 aromatic carbocycles. The number of aliphatic hydroxyl groups is 5. The third-order valence-electron chi connectivity index (χ3n) is 15.0. The zero-order valence-electron chi connectivity index (χ0n) is 52.7. The van der Waals surface area contributed by atoms with Crippen molar-refractivity contribution in [2.75, 3.05) is 57.5 Å². The summed E-state index contributed by atoms with van der Waals surface area (Å²) in [5.74, 6) is -3.10. The van der Waals surface area contributed by atoms with Crippen LogP contribution in [0.5, 0.6) is 11.5 Å². The van der Waals surface area contributed by atoms with Crippen LogP contribution in [0.15, 0.2) is 78.9 Å². The molecule has 0 spiro atoms. The van der Waals surface area contributed by atoms with E-state index in [-0.39, 0.29) is 100 Å². The largest absolute Gasteiger partial charge is 0.465 e. The maximum atomic E-state index is 13.0. The highest BCUT2D eigenvalue weighted by molar-refractivity contribution is 7.93. The molecule has 94 heavy (non-hydrogen) atoms. The summed E-state index contributed by atoms with van der Waals surface area (Å²) in [5.41, 5.74) is 4.10. The second-order valence-electron chi connectivity index (χ2n) is 22.7. The van der Waals surface area contributed by atoms with Gasteiger partial charge < -0.3 is 92.3 Å². The molecule has 0 aromatic heterocycles.